The van der Waals surface area contributed by atoms with Crippen LogP contribution in [0.5, 0.6) is 0 Å². The van der Waals surface area contributed by atoms with E-state index < -0.39 is 0 Å². The number of rotatable bonds is 9. The summed E-state index contributed by atoms with van der Waals surface area (Å²) < 4.78 is 5.68. The summed E-state index contributed by atoms with van der Waals surface area (Å²) in [7, 11) is 0. The predicted octanol–water partition coefficient (Wildman–Crippen LogP) is 1.80. The third kappa shape index (κ3) is 8.85. The lowest BCUT2D eigenvalue weighted by Gasteiger charge is -2.18. The third-order valence-electron chi connectivity index (χ3n) is 2.39. The fourth-order valence-corrected chi connectivity index (χ4v) is 1.69. The van der Waals surface area contributed by atoms with Gasteiger partial charge in [0.05, 0.1) is 12.7 Å². The van der Waals surface area contributed by atoms with Crippen LogP contribution in [0.3, 0.4) is 0 Å². The van der Waals surface area contributed by atoms with Crippen molar-refractivity contribution < 1.29 is 9.84 Å². The van der Waals surface area contributed by atoms with E-state index in [0.29, 0.717) is 12.0 Å². The first-order chi connectivity index (χ1) is 7.10. The monoisotopic (exact) mass is 217 g/mol. The molecule has 0 radical (unpaired) electrons. The van der Waals surface area contributed by atoms with Crippen LogP contribution in [0.4, 0.5) is 0 Å². The van der Waals surface area contributed by atoms with Crippen LogP contribution in [0, 0.1) is 5.92 Å². The summed E-state index contributed by atoms with van der Waals surface area (Å²) in [5.41, 5.74) is 0. The van der Waals surface area contributed by atoms with E-state index >= 15 is 0 Å². The van der Waals surface area contributed by atoms with Crippen molar-refractivity contribution in [3.8, 4) is 0 Å². The molecule has 3 heteroatoms. The molecule has 0 aliphatic rings. The van der Waals surface area contributed by atoms with Crippen LogP contribution in [0.15, 0.2) is 0 Å². The van der Waals surface area contributed by atoms with Crippen LogP contribution in [0.2, 0.25) is 0 Å². The van der Waals surface area contributed by atoms with Crippen molar-refractivity contribution in [1.29, 1.82) is 0 Å². The van der Waals surface area contributed by atoms with Crippen molar-refractivity contribution in [2.75, 3.05) is 19.8 Å². The number of aliphatic hydroxyl groups excluding tert-OH is 1. The summed E-state index contributed by atoms with van der Waals surface area (Å²) in [5.74, 6) is 0.683. The molecular weight excluding hydrogens is 190 g/mol. The number of hydrogen-bond acceptors (Lipinski definition) is 3. The van der Waals surface area contributed by atoms with E-state index in [2.05, 4.69) is 26.1 Å². The van der Waals surface area contributed by atoms with Gasteiger partial charge in [-0.1, -0.05) is 20.8 Å². The van der Waals surface area contributed by atoms with Crippen molar-refractivity contribution in [1.82, 2.24) is 5.32 Å². The van der Waals surface area contributed by atoms with Gasteiger partial charge >= 0.3 is 0 Å². The van der Waals surface area contributed by atoms with Crippen LogP contribution in [0.1, 0.15) is 40.5 Å². The van der Waals surface area contributed by atoms with Gasteiger partial charge in [0.25, 0.3) is 0 Å². The summed E-state index contributed by atoms with van der Waals surface area (Å²) >= 11 is 0. The predicted molar refractivity (Wildman–Crippen MR) is 64.0 cm³/mol. The van der Waals surface area contributed by atoms with Gasteiger partial charge < -0.3 is 15.2 Å². The van der Waals surface area contributed by atoms with E-state index in [1.165, 1.54) is 0 Å². The molecule has 0 heterocycles. The Bertz CT molecular complexity index is 140. The second kappa shape index (κ2) is 9.13. The molecule has 2 unspecified atom stereocenters. The SMILES string of the molecule is CCNC(CO)CCOC(C)CC(C)C. The van der Waals surface area contributed by atoms with Crippen LogP contribution < -0.4 is 5.32 Å². The summed E-state index contributed by atoms with van der Waals surface area (Å²) in [6.07, 6.45) is 2.31. The van der Waals surface area contributed by atoms with Crippen LogP contribution in [-0.4, -0.2) is 37.0 Å². The van der Waals surface area contributed by atoms with Gasteiger partial charge in [-0.05, 0) is 32.2 Å². The standard InChI is InChI=1S/C12H27NO2/c1-5-13-12(9-14)6-7-15-11(4)8-10(2)3/h10-14H,5-9H2,1-4H3. The van der Waals surface area contributed by atoms with E-state index in [0.717, 1.165) is 26.0 Å². The minimum absolute atomic E-state index is 0.182. The highest BCUT2D eigenvalue weighted by Gasteiger charge is 2.08. The molecule has 2 N–H and O–H groups in total. The number of nitrogens with one attached hydrogen (secondary N) is 1. The van der Waals surface area contributed by atoms with E-state index in [4.69, 9.17) is 9.84 Å². The number of ether oxygens (including phenoxy) is 1. The number of hydrogen-bond donors (Lipinski definition) is 2. The van der Waals surface area contributed by atoms with Gasteiger partial charge in [-0.2, -0.15) is 0 Å². The van der Waals surface area contributed by atoms with Gasteiger partial charge in [0.2, 0.25) is 0 Å². The second-order valence-electron chi connectivity index (χ2n) is 4.54. The van der Waals surface area contributed by atoms with Gasteiger partial charge in [-0.15, -0.1) is 0 Å². The van der Waals surface area contributed by atoms with E-state index in [-0.39, 0.29) is 12.6 Å². The van der Waals surface area contributed by atoms with Crippen LogP contribution in [0.25, 0.3) is 0 Å². The van der Waals surface area contributed by atoms with E-state index in [9.17, 15) is 0 Å². The molecule has 0 aliphatic carbocycles. The molecule has 0 spiro atoms. The summed E-state index contributed by atoms with van der Waals surface area (Å²) in [6, 6.07) is 0.182. The largest absolute Gasteiger partial charge is 0.395 e. The lowest BCUT2D eigenvalue weighted by molar-refractivity contribution is 0.0425. The molecule has 0 aromatic heterocycles. The average Bonchev–Trinajstić information content (AvgIpc) is 2.15. The Morgan fingerprint density at radius 3 is 2.40 bits per heavy atom. The molecule has 15 heavy (non-hydrogen) atoms. The highest BCUT2D eigenvalue weighted by atomic mass is 16.5. The lowest BCUT2D eigenvalue weighted by Crippen LogP contribution is -2.33. The van der Waals surface area contributed by atoms with E-state index in [1.807, 2.05) is 6.92 Å². The second-order valence-corrected chi connectivity index (χ2v) is 4.54. The fourth-order valence-electron chi connectivity index (χ4n) is 1.69. The van der Waals surface area contributed by atoms with Gasteiger partial charge in [0, 0.05) is 12.6 Å². The molecule has 0 rings (SSSR count). The molecule has 2 atom stereocenters. The quantitative estimate of drug-likeness (QED) is 0.619. The first kappa shape index (κ1) is 14.9. The molecule has 0 saturated heterocycles. The lowest BCUT2D eigenvalue weighted by atomic mass is 10.1. The molecule has 3 nitrogen and oxygen atoms in total. The minimum Gasteiger partial charge on any atom is -0.395 e. The van der Waals surface area contributed by atoms with Gasteiger partial charge in [0.1, 0.15) is 0 Å². The summed E-state index contributed by atoms with van der Waals surface area (Å²) in [6.45, 7) is 10.4. The zero-order valence-corrected chi connectivity index (χ0v) is 10.6. The maximum atomic E-state index is 9.05. The summed E-state index contributed by atoms with van der Waals surface area (Å²) in [4.78, 5) is 0. The van der Waals surface area contributed by atoms with Crippen molar-refractivity contribution in [3.05, 3.63) is 0 Å². The Balaban J connectivity index is 3.49. The fraction of sp³-hybridized carbons (Fsp3) is 1.00. The molecule has 0 amide bonds. The van der Waals surface area contributed by atoms with Crippen molar-refractivity contribution in [2.45, 2.75) is 52.7 Å². The highest BCUT2D eigenvalue weighted by molar-refractivity contribution is 4.64. The minimum atomic E-state index is 0.182. The van der Waals surface area contributed by atoms with Crippen molar-refractivity contribution in [3.63, 3.8) is 0 Å². The number of likely N-dealkylation sites (N-methyl/N-ethyl adjacent to an activating group) is 1. The highest BCUT2D eigenvalue weighted by Crippen LogP contribution is 2.08. The van der Waals surface area contributed by atoms with Crippen LogP contribution >= 0.6 is 0 Å². The number of aliphatic hydroxyl groups is 1. The Morgan fingerprint density at radius 2 is 1.93 bits per heavy atom. The van der Waals surface area contributed by atoms with Gasteiger partial charge in [-0.25, -0.2) is 0 Å². The van der Waals surface area contributed by atoms with Gasteiger partial charge in [0.15, 0.2) is 0 Å². The Labute approximate surface area is 94.2 Å². The van der Waals surface area contributed by atoms with Crippen molar-refractivity contribution in [2.24, 2.45) is 5.92 Å². The van der Waals surface area contributed by atoms with Crippen LogP contribution in [-0.2, 0) is 4.74 Å². The molecule has 92 valence electrons. The Morgan fingerprint density at radius 1 is 1.27 bits per heavy atom. The zero-order valence-electron chi connectivity index (χ0n) is 10.6. The average molecular weight is 217 g/mol. The zero-order chi connectivity index (χ0) is 11.7. The maximum absolute atomic E-state index is 9.05. The smallest absolute Gasteiger partial charge is 0.0585 e. The maximum Gasteiger partial charge on any atom is 0.0585 e. The van der Waals surface area contributed by atoms with Crippen molar-refractivity contribution >= 4 is 0 Å². The third-order valence-corrected chi connectivity index (χ3v) is 2.39. The van der Waals surface area contributed by atoms with Gasteiger partial charge in [-0.3, -0.25) is 0 Å². The molecule has 0 bridgehead atoms. The molecule has 0 aromatic rings. The topological polar surface area (TPSA) is 41.5 Å². The summed E-state index contributed by atoms with van der Waals surface area (Å²) in [5, 5.41) is 12.3. The molecular formula is C12H27NO2. The molecule has 0 aromatic carbocycles. The molecule has 0 fully saturated rings. The first-order valence-electron chi connectivity index (χ1n) is 6.05. The Kier molecular flexibility index (Phi) is 9.06. The normalized spacial score (nSPS) is 15.6. The first-order valence-corrected chi connectivity index (χ1v) is 6.05. The Hall–Kier alpha value is -0.120. The van der Waals surface area contributed by atoms with E-state index in [1.54, 1.807) is 0 Å². The molecule has 0 saturated carbocycles. The molecule has 0 aliphatic heterocycles.